The third-order valence-corrected chi connectivity index (χ3v) is 4.31. The first-order chi connectivity index (χ1) is 10.3. The summed E-state index contributed by atoms with van der Waals surface area (Å²) in [4.78, 5) is 12.2. The third kappa shape index (κ3) is 3.45. The molecule has 2 atom stereocenters. The van der Waals surface area contributed by atoms with E-state index in [-0.39, 0.29) is 11.8 Å². The largest absolute Gasteiger partial charge is 0.352 e. The first-order valence-corrected chi connectivity index (χ1v) is 7.78. The fourth-order valence-electron chi connectivity index (χ4n) is 2.62. The molecule has 1 fully saturated rings. The van der Waals surface area contributed by atoms with Crippen LogP contribution in [0, 0.1) is 5.92 Å². The van der Waals surface area contributed by atoms with Gasteiger partial charge in [0.1, 0.15) is 0 Å². The van der Waals surface area contributed by atoms with Gasteiger partial charge in [0.25, 0.3) is 0 Å². The summed E-state index contributed by atoms with van der Waals surface area (Å²) in [5.74, 6) is 1.21. The van der Waals surface area contributed by atoms with E-state index >= 15 is 0 Å². The predicted octanol–water partition coefficient (Wildman–Crippen LogP) is 3.85. The van der Waals surface area contributed by atoms with Gasteiger partial charge in [0.2, 0.25) is 5.91 Å². The molecule has 0 aromatic heterocycles. The zero-order valence-electron chi connectivity index (χ0n) is 11.8. The molecule has 21 heavy (non-hydrogen) atoms. The van der Waals surface area contributed by atoms with Crippen molar-refractivity contribution in [3.63, 3.8) is 0 Å². The second-order valence-electron chi connectivity index (χ2n) is 5.53. The number of benzene rings is 2. The topological polar surface area (TPSA) is 29.1 Å². The molecule has 3 rings (SSSR count). The van der Waals surface area contributed by atoms with Crippen LogP contribution in [0.25, 0.3) is 0 Å². The molecule has 0 radical (unpaired) electrons. The molecule has 1 aliphatic carbocycles. The van der Waals surface area contributed by atoms with Crippen molar-refractivity contribution in [2.45, 2.75) is 24.8 Å². The van der Waals surface area contributed by atoms with E-state index in [0.717, 1.165) is 17.5 Å². The summed E-state index contributed by atoms with van der Waals surface area (Å²) >= 11 is 5.76. The van der Waals surface area contributed by atoms with Crippen molar-refractivity contribution in [1.29, 1.82) is 0 Å². The average Bonchev–Trinajstić information content (AvgIpc) is 3.35. The van der Waals surface area contributed by atoms with Crippen LogP contribution in [0.5, 0.6) is 0 Å². The Hall–Kier alpha value is -1.80. The second kappa shape index (κ2) is 6.31. The van der Waals surface area contributed by atoms with E-state index in [1.165, 1.54) is 5.56 Å². The van der Waals surface area contributed by atoms with Gasteiger partial charge in [-0.2, -0.15) is 0 Å². The Morgan fingerprint density at radius 1 is 1.05 bits per heavy atom. The Morgan fingerprint density at radius 2 is 1.71 bits per heavy atom. The van der Waals surface area contributed by atoms with Crippen molar-refractivity contribution in [1.82, 2.24) is 5.32 Å². The summed E-state index contributed by atoms with van der Waals surface area (Å²) in [5.41, 5.74) is 3.47. The van der Waals surface area contributed by atoms with E-state index in [1.807, 2.05) is 42.5 Å². The number of hydrogen-bond acceptors (Lipinski definition) is 1. The number of amides is 1. The van der Waals surface area contributed by atoms with Crippen molar-refractivity contribution in [2.75, 3.05) is 0 Å². The van der Waals surface area contributed by atoms with Gasteiger partial charge >= 0.3 is 0 Å². The first-order valence-electron chi connectivity index (χ1n) is 7.24. The maximum atomic E-state index is 12.2. The molecular formula is C18H18ClNO. The summed E-state index contributed by atoms with van der Waals surface area (Å²) in [5, 5.41) is 3.03. The average molecular weight is 300 g/mol. The number of carbonyl (C=O) groups excluding carboxylic acids is 1. The van der Waals surface area contributed by atoms with Crippen LogP contribution in [0.3, 0.4) is 0 Å². The number of hydrogen-bond donors (Lipinski definition) is 1. The SMILES string of the molecule is O=C(NCc1ccc(CCl)cc1)C1CC1c1ccccc1. The highest BCUT2D eigenvalue weighted by Gasteiger charge is 2.43. The van der Waals surface area contributed by atoms with Crippen molar-refractivity contribution >= 4 is 17.5 Å². The maximum Gasteiger partial charge on any atom is 0.224 e. The van der Waals surface area contributed by atoms with E-state index in [2.05, 4.69) is 17.4 Å². The van der Waals surface area contributed by atoms with E-state index in [4.69, 9.17) is 11.6 Å². The van der Waals surface area contributed by atoms with Crippen LogP contribution in [-0.2, 0) is 17.2 Å². The number of nitrogens with one attached hydrogen (secondary N) is 1. The molecule has 0 aliphatic heterocycles. The highest BCUT2D eigenvalue weighted by atomic mass is 35.5. The van der Waals surface area contributed by atoms with Crippen LogP contribution < -0.4 is 5.32 Å². The van der Waals surface area contributed by atoms with Crippen LogP contribution >= 0.6 is 11.6 Å². The van der Waals surface area contributed by atoms with Crippen molar-refractivity contribution in [3.05, 3.63) is 71.3 Å². The molecule has 0 heterocycles. The Balaban J connectivity index is 1.51. The summed E-state index contributed by atoms with van der Waals surface area (Å²) in [6.07, 6.45) is 0.959. The fourth-order valence-corrected chi connectivity index (χ4v) is 2.80. The van der Waals surface area contributed by atoms with Crippen LogP contribution in [-0.4, -0.2) is 5.91 Å². The van der Waals surface area contributed by atoms with Crippen LogP contribution in [0.4, 0.5) is 0 Å². The van der Waals surface area contributed by atoms with E-state index in [0.29, 0.717) is 18.3 Å². The number of carbonyl (C=O) groups is 1. The monoisotopic (exact) mass is 299 g/mol. The summed E-state index contributed by atoms with van der Waals surface area (Å²) < 4.78 is 0. The van der Waals surface area contributed by atoms with Crippen molar-refractivity contribution in [2.24, 2.45) is 5.92 Å². The van der Waals surface area contributed by atoms with Crippen LogP contribution in [0.2, 0.25) is 0 Å². The molecule has 108 valence electrons. The van der Waals surface area contributed by atoms with Gasteiger partial charge in [0.15, 0.2) is 0 Å². The minimum absolute atomic E-state index is 0.134. The zero-order valence-corrected chi connectivity index (χ0v) is 12.5. The molecule has 2 nitrogen and oxygen atoms in total. The lowest BCUT2D eigenvalue weighted by molar-refractivity contribution is -0.122. The fraction of sp³-hybridized carbons (Fsp3) is 0.278. The first kappa shape index (κ1) is 14.2. The summed E-state index contributed by atoms with van der Waals surface area (Å²) in [6.45, 7) is 0.583. The molecule has 3 heteroatoms. The number of alkyl halides is 1. The Bertz CT molecular complexity index is 609. The van der Waals surface area contributed by atoms with Crippen LogP contribution in [0.1, 0.15) is 29.0 Å². The quantitative estimate of drug-likeness (QED) is 0.835. The van der Waals surface area contributed by atoms with Gasteiger partial charge in [-0.05, 0) is 29.0 Å². The minimum Gasteiger partial charge on any atom is -0.352 e. The number of halogens is 1. The Kier molecular flexibility index (Phi) is 4.26. The van der Waals surface area contributed by atoms with Gasteiger partial charge in [-0.1, -0.05) is 54.6 Å². The van der Waals surface area contributed by atoms with Crippen molar-refractivity contribution < 1.29 is 4.79 Å². The zero-order chi connectivity index (χ0) is 14.7. The van der Waals surface area contributed by atoms with Crippen LogP contribution in [0.15, 0.2) is 54.6 Å². The predicted molar refractivity (Wildman–Crippen MR) is 85.1 cm³/mol. The van der Waals surface area contributed by atoms with E-state index < -0.39 is 0 Å². The van der Waals surface area contributed by atoms with E-state index in [1.54, 1.807) is 0 Å². The van der Waals surface area contributed by atoms with Gasteiger partial charge in [-0.25, -0.2) is 0 Å². The molecule has 1 amide bonds. The smallest absolute Gasteiger partial charge is 0.224 e. The highest BCUT2D eigenvalue weighted by Crippen LogP contribution is 2.47. The Labute approximate surface area is 130 Å². The van der Waals surface area contributed by atoms with Gasteiger partial charge in [0.05, 0.1) is 0 Å². The molecule has 0 bridgehead atoms. The molecule has 1 aliphatic rings. The lowest BCUT2D eigenvalue weighted by atomic mass is 10.1. The lowest BCUT2D eigenvalue weighted by Crippen LogP contribution is -2.24. The molecule has 1 N–H and O–H groups in total. The second-order valence-corrected chi connectivity index (χ2v) is 5.79. The maximum absolute atomic E-state index is 12.2. The summed E-state index contributed by atoms with van der Waals surface area (Å²) in [6, 6.07) is 18.3. The molecule has 2 aromatic carbocycles. The molecular weight excluding hydrogens is 282 g/mol. The van der Waals surface area contributed by atoms with Gasteiger partial charge in [-0.3, -0.25) is 4.79 Å². The Morgan fingerprint density at radius 3 is 2.38 bits per heavy atom. The number of rotatable bonds is 5. The molecule has 1 saturated carbocycles. The van der Waals surface area contributed by atoms with E-state index in [9.17, 15) is 4.79 Å². The van der Waals surface area contributed by atoms with Crippen molar-refractivity contribution in [3.8, 4) is 0 Å². The normalized spacial score (nSPS) is 20.0. The molecule has 0 saturated heterocycles. The van der Waals surface area contributed by atoms with Gasteiger partial charge in [-0.15, -0.1) is 11.6 Å². The van der Waals surface area contributed by atoms with Gasteiger partial charge in [0, 0.05) is 18.3 Å². The highest BCUT2D eigenvalue weighted by molar-refractivity contribution is 6.17. The standard InChI is InChI=1S/C18H18ClNO/c19-11-13-6-8-14(9-7-13)12-20-18(21)17-10-16(17)15-4-2-1-3-5-15/h1-9,16-17H,10-12H2,(H,20,21). The molecule has 2 aromatic rings. The molecule has 2 unspecified atom stereocenters. The molecule has 0 spiro atoms. The third-order valence-electron chi connectivity index (χ3n) is 4.00. The minimum atomic E-state index is 0.134. The van der Waals surface area contributed by atoms with Gasteiger partial charge < -0.3 is 5.32 Å². The lowest BCUT2D eigenvalue weighted by Gasteiger charge is -2.06. The summed E-state index contributed by atoms with van der Waals surface area (Å²) in [7, 11) is 0.